The Morgan fingerprint density at radius 3 is 3.00 bits per heavy atom. The second kappa shape index (κ2) is 4.70. The molecule has 15 heavy (non-hydrogen) atoms. The van der Waals surface area contributed by atoms with Crippen LogP contribution in [0.5, 0.6) is 0 Å². The Balaban J connectivity index is 1.83. The first-order valence-corrected chi connectivity index (χ1v) is 5.42. The van der Waals surface area contributed by atoms with Crippen molar-refractivity contribution in [1.29, 1.82) is 0 Å². The van der Waals surface area contributed by atoms with Gasteiger partial charge in [-0.05, 0) is 0 Å². The molecule has 2 aromatic rings. The Morgan fingerprint density at radius 1 is 1.33 bits per heavy atom. The van der Waals surface area contributed by atoms with E-state index in [-0.39, 0.29) is 0 Å². The summed E-state index contributed by atoms with van der Waals surface area (Å²) in [6.45, 7) is 0.796. The van der Waals surface area contributed by atoms with Crippen molar-refractivity contribution in [3.8, 4) is 0 Å². The SMILES string of the molecule is Nc1cc(NCCc2nccs2)ncn1. The molecule has 3 N–H and O–H groups in total. The van der Waals surface area contributed by atoms with Gasteiger partial charge in [0.15, 0.2) is 0 Å². The molecule has 0 aliphatic carbocycles. The lowest BCUT2D eigenvalue weighted by molar-refractivity contribution is 0.983. The molecule has 0 aliphatic heterocycles. The molecule has 0 amide bonds. The molecule has 0 radical (unpaired) electrons. The van der Waals surface area contributed by atoms with Gasteiger partial charge in [-0.2, -0.15) is 0 Å². The van der Waals surface area contributed by atoms with E-state index in [0.29, 0.717) is 5.82 Å². The Bertz CT molecular complexity index is 414. The van der Waals surface area contributed by atoms with Gasteiger partial charge in [-0.3, -0.25) is 0 Å². The highest BCUT2D eigenvalue weighted by Crippen LogP contribution is 2.07. The van der Waals surface area contributed by atoms with Crippen LogP contribution in [0.4, 0.5) is 11.6 Å². The fourth-order valence-corrected chi connectivity index (χ4v) is 1.76. The van der Waals surface area contributed by atoms with Crippen LogP contribution in [-0.2, 0) is 6.42 Å². The second-order valence-electron chi connectivity index (χ2n) is 2.93. The number of rotatable bonds is 4. The van der Waals surface area contributed by atoms with Gasteiger partial charge in [-0.15, -0.1) is 11.3 Å². The summed E-state index contributed by atoms with van der Waals surface area (Å²) in [7, 11) is 0. The summed E-state index contributed by atoms with van der Waals surface area (Å²) < 4.78 is 0. The molecule has 6 heteroatoms. The van der Waals surface area contributed by atoms with Crippen molar-refractivity contribution < 1.29 is 0 Å². The number of nitrogens with two attached hydrogens (primary N) is 1. The first kappa shape index (κ1) is 9.85. The van der Waals surface area contributed by atoms with Crippen LogP contribution in [-0.4, -0.2) is 21.5 Å². The molecule has 0 atom stereocenters. The lowest BCUT2D eigenvalue weighted by Crippen LogP contribution is -2.06. The summed E-state index contributed by atoms with van der Waals surface area (Å²) in [5.41, 5.74) is 5.52. The highest BCUT2D eigenvalue weighted by molar-refractivity contribution is 7.09. The maximum absolute atomic E-state index is 5.52. The normalized spacial score (nSPS) is 10.1. The maximum Gasteiger partial charge on any atom is 0.131 e. The van der Waals surface area contributed by atoms with E-state index in [1.54, 1.807) is 17.4 Å². The lowest BCUT2D eigenvalue weighted by Gasteiger charge is -2.03. The van der Waals surface area contributed by atoms with Crippen molar-refractivity contribution >= 4 is 23.0 Å². The van der Waals surface area contributed by atoms with Crippen molar-refractivity contribution in [2.45, 2.75) is 6.42 Å². The average Bonchev–Trinajstić information content (AvgIpc) is 2.71. The van der Waals surface area contributed by atoms with Gasteiger partial charge in [-0.1, -0.05) is 0 Å². The second-order valence-corrected chi connectivity index (χ2v) is 3.91. The minimum Gasteiger partial charge on any atom is -0.384 e. The average molecular weight is 221 g/mol. The standard InChI is InChI=1S/C9H11N5S/c10-7-5-8(14-6-13-7)11-2-1-9-12-3-4-15-9/h3-6H,1-2H2,(H3,10,11,13,14). The number of anilines is 2. The van der Waals surface area contributed by atoms with E-state index in [1.165, 1.54) is 6.33 Å². The van der Waals surface area contributed by atoms with Crippen molar-refractivity contribution in [3.63, 3.8) is 0 Å². The molecular formula is C9H11N5S. The van der Waals surface area contributed by atoms with E-state index in [0.717, 1.165) is 23.8 Å². The maximum atomic E-state index is 5.52. The van der Waals surface area contributed by atoms with Crippen LogP contribution < -0.4 is 11.1 Å². The topological polar surface area (TPSA) is 76.7 Å². The van der Waals surface area contributed by atoms with Gasteiger partial charge >= 0.3 is 0 Å². The predicted octanol–water partition coefficient (Wildman–Crippen LogP) is 1.17. The zero-order valence-electron chi connectivity index (χ0n) is 8.05. The fourth-order valence-electron chi connectivity index (χ4n) is 1.14. The summed E-state index contributed by atoms with van der Waals surface area (Å²) in [5, 5.41) is 6.24. The van der Waals surface area contributed by atoms with Crippen LogP contribution in [0.25, 0.3) is 0 Å². The van der Waals surface area contributed by atoms with Gasteiger partial charge in [-0.25, -0.2) is 15.0 Å². The van der Waals surface area contributed by atoms with Gasteiger partial charge in [0.25, 0.3) is 0 Å². The zero-order valence-corrected chi connectivity index (χ0v) is 8.87. The quantitative estimate of drug-likeness (QED) is 0.810. The molecule has 78 valence electrons. The monoisotopic (exact) mass is 221 g/mol. The number of hydrogen-bond donors (Lipinski definition) is 2. The van der Waals surface area contributed by atoms with E-state index in [4.69, 9.17) is 5.73 Å². The largest absolute Gasteiger partial charge is 0.384 e. The molecule has 0 aliphatic rings. The van der Waals surface area contributed by atoms with E-state index in [9.17, 15) is 0 Å². The Labute approximate surface area is 91.4 Å². The zero-order chi connectivity index (χ0) is 10.5. The summed E-state index contributed by atoms with van der Waals surface area (Å²) in [6.07, 6.45) is 4.14. The first-order valence-electron chi connectivity index (χ1n) is 4.54. The summed E-state index contributed by atoms with van der Waals surface area (Å²) in [6, 6.07) is 1.71. The Morgan fingerprint density at radius 2 is 2.27 bits per heavy atom. The van der Waals surface area contributed by atoms with Crippen molar-refractivity contribution in [2.24, 2.45) is 0 Å². The van der Waals surface area contributed by atoms with Crippen LogP contribution in [0.15, 0.2) is 24.0 Å². The Kier molecular flexibility index (Phi) is 3.08. The Hall–Kier alpha value is -1.69. The van der Waals surface area contributed by atoms with Gasteiger partial charge in [0.05, 0.1) is 5.01 Å². The number of nitrogen functional groups attached to an aromatic ring is 1. The molecule has 5 nitrogen and oxygen atoms in total. The smallest absolute Gasteiger partial charge is 0.131 e. The first-order chi connectivity index (χ1) is 7.34. The van der Waals surface area contributed by atoms with Crippen LogP contribution in [0.3, 0.4) is 0 Å². The third-order valence-corrected chi connectivity index (χ3v) is 2.66. The van der Waals surface area contributed by atoms with E-state index >= 15 is 0 Å². The van der Waals surface area contributed by atoms with Gasteiger partial charge in [0.2, 0.25) is 0 Å². The minimum absolute atomic E-state index is 0.474. The van der Waals surface area contributed by atoms with Crippen molar-refractivity contribution in [2.75, 3.05) is 17.6 Å². The van der Waals surface area contributed by atoms with Crippen LogP contribution >= 0.6 is 11.3 Å². The van der Waals surface area contributed by atoms with Crippen LogP contribution in [0.2, 0.25) is 0 Å². The molecule has 0 aromatic carbocycles. The third kappa shape index (κ3) is 2.88. The van der Waals surface area contributed by atoms with E-state index in [2.05, 4.69) is 20.3 Å². The number of hydrogen-bond acceptors (Lipinski definition) is 6. The number of nitrogens with one attached hydrogen (secondary N) is 1. The molecular weight excluding hydrogens is 210 g/mol. The minimum atomic E-state index is 0.474. The molecule has 0 saturated heterocycles. The van der Waals surface area contributed by atoms with E-state index in [1.807, 2.05) is 11.6 Å². The lowest BCUT2D eigenvalue weighted by atomic mass is 10.4. The summed E-state index contributed by atoms with van der Waals surface area (Å²) in [4.78, 5) is 12.0. The van der Waals surface area contributed by atoms with Crippen molar-refractivity contribution in [1.82, 2.24) is 15.0 Å². The van der Waals surface area contributed by atoms with Gasteiger partial charge < -0.3 is 11.1 Å². The number of aromatic nitrogens is 3. The van der Waals surface area contributed by atoms with E-state index < -0.39 is 0 Å². The molecule has 0 unspecified atom stereocenters. The molecule has 2 rings (SSSR count). The summed E-state index contributed by atoms with van der Waals surface area (Å²) >= 11 is 1.65. The molecule has 0 spiro atoms. The van der Waals surface area contributed by atoms with Gasteiger partial charge in [0, 0.05) is 30.6 Å². The number of nitrogens with zero attached hydrogens (tertiary/aromatic N) is 3. The third-order valence-electron chi connectivity index (χ3n) is 1.82. The highest BCUT2D eigenvalue weighted by Gasteiger charge is 1.97. The summed E-state index contributed by atoms with van der Waals surface area (Å²) in [5.74, 6) is 1.22. The molecule has 0 bridgehead atoms. The molecule has 0 saturated carbocycles. The number of thiazole rings is 1. The van der Waals surface area contributed by atoms with Crippen molar-refractivity contribution in [3.05, 3.63) is 29.0 Å². The fraction of sp³-hybridized carbons (Fsp3) is 0.222. The predicted molar refractivity (Wildman–Crippen MR) is 60.8 cm³/mol. The van der Waals surface area contributed by atoms with Gasteiger partial charge in [0.1, 0.15) is 18.0 Å². The molecule has 0 fully saturated rings. The van der Waals surface area contributed by atoms with Crippen LogP contribution in [0, 0.1) is 0 Å². The molecule has 2 heterocycles. The van der Waals surface area contributed by atoms with Crippen LogP contribution in [0.1, 0.15) is 5.01 Å². The molecule has 2 aromatic heterocycles. The highest BCUT2D eigenvalue weighted by atomic mass is 32.1.